The molecule has 15 heteroatoms. The molecular formula is C2HN2O11PS. The minimum atomic E-state index is -5.32. The van der Waals surface area contributed by atoms with Gasteiger partial charge in [0.1, 0.15) is 0 Å². The molecule has 0 aromatic rings. The fourth-order valence-corrected chi connectivity index (χ4v) is 0.965. The van der Waals surface area contributed by atoms with Gasteiger partial charge in [0.15, 0.2) is 0 Å². The van der Waals surface area contributed by atoms with Crippen LogP contribution in [0.3, 0.4) is 0 Å². The van der Waals surface area contributed by atoms with Crippen LogP contribution in [-0.2, 0) is 28.0 Å². The number of carbonyl (C=O) groups is 2. The van der Waals surface area contributed by atoms with Crippen LogP contribution >= 0.6 is 8.25 Å². The zero-order chi connectivity index (χ0) is 13.6. The van der Waals surface area contributed by atoms with Crippen molar-refractivity contribution in [2.75, 3.05) is 0 Å². The van der Waals surface area contributed by atoms with Crippen molar-refractivity contribution in [1.82, 2.24) is 5.32 Å². The topological polar surface area (TPSA) is 191 Å². The Labute approximate surface area is 92.6 Å². The molecule has 0 aliphatic carbocycles. The lowest BCUT2D eigenvalue weighted by Gasteiger charge is -2.01. The average molecular weight is 292 g/mol. The van der Waals surface area contributed by atoms with Crippen molar-refractivity contribution in [3.8, 4) is 0 Å². The van der Waals surface area contributed by atoms with Gasteiger partial charge in [-0.3, -0.25) is 0 Å². The Kier molecular flexibility index (Phi) is 5.17. The van der Waals surface area contributed by atoms with Crippen LogP contribution in [0.2, 0.25) is 0 Å². The second kappa shape index (κ2) is 5.88. The van der Waals surface area contributed by atoms with E-state index in [1.54, 1.807) is 0 Å². The first-order valence-corrected chi connectivity index (χ1v) is 5.51. The lowest BCUT2D eigenvalue weighted by molar-refractivity contribution is -0.713. The second-order valence-electron chi connectivity index (χ2n) is 1.80. The fourth-order valence-electron chi connectivity index (χ4n) is 0.377. The van der Waals surface area contributed by atoms with Gasteiger partial charge in [0.25, 0.3) is 0 Å². The van der Waals surface area contributed by atoms with E-state index in [0.717, 1.165) is 5.32 Å². The van der Waals surface area contributed by atoms with E-state index in [1.807, 2.05) is 0 Å². The smallest absolute Gasteiger partial charge is 0.544 e. The molecule has 1 atom stereocenters. The molecule has 0 aromatic carbocycles. The highest BCUT2D eigenvalue weighted by Crippen LogP contribution is 2.08. The van der Waals surface area contributed by atoms with Crippen molar-refractivity contribution >= 4 is 30.8 Å². The SMILES string of the molecule is O=C(NC(=O)OS(=O)(=O)O[N+](=O)[O-])O[P+](=O)[O-]. The fraction of sp³-hybridized carbons (Fsp3) is 0. The van der Waals surface area contributed by atoms with Crippen molar-refractivity contribution in [2.45, 2.75) is 0 Å². The molecule has 0 aliphatic heterocycles. The average Bonchev–Trinajstić information content (AvgIpc) is 1.95. The number of rotatable bonds is 4. The Morgan fingerprint density at radius 2 is 1.82 bits per heavy atom. The molecule has 0 saturated carbocycles. The van der Waals surface area contributed by atoms with Crippen LogP contribution in [0.4, 0.5) is 9.59 Å². The minimum Gasteiger partial charge on any atom is -0.558 e. The summed E-state index contributed by atoms with van der Waals surface area (Å²) in [6.07, 6.45) is -3.93. The van der Waals surface area contributed by atoms with Crippen molar-refractivity contribution in [3.63, 3.8) is 0 Å². The molecule has 0 fully saturated rings. The van der Waals surface area contributed by atoms with E-state index in [4.69, 9.17) is 0 Å². The normalized spacial score (nSPS) is 11.0. The summed E-state index contributed by atoms with van der Waals surface area (Å²) in [5, 5.41) is 8.74. The summed E-state index contributed by atoms with van der Waals surface area (Å²) in [4.78, 5) is 40.3. The van der Waals surface area contributed by atoms with Gasteiger partial charge in [-0.15, -0.1) is 14.4 Å². The standard InChI is InChI=1S/C2HN2O11PS/c5-1(13-16(9)10)3-2(6)14-17(11,12)15-4(7)8/h(H,3,5,6). The molecule has 0 heterocycles. The molecule has 96 valence electrons. The Hall–Kier alpha value is -2.05. The zero-order valence-corrected chi connectivity index (χ0v) is 9.00. The van der Waals surface area contributed by atoms with Crippen LogP contribution in [0.25, 0.3) is 0 Å². The number of hydrogen-bond donors (Lipinski definition) is 1. The highest BCUT2D eigenvalue weighted by molar-refractivity contribution is 7.82. The molecular weight excluding hydrogens is 291 g/mol. The molecule has 0 spiro atoms. The summed E-state index contributed by atoms with van der Waals surface area (Å²) in [5.74, 6) is 0. The number of hydrogen-bond acceptors (Lipinski definition) is 11. The summed E-state index contributed by atoms with van der Waals surface area (Å²) < 4.78 is 40.2. The van der Waals surface area contributed by atoms with E-state index >= 15 is 0 Å². The molecule has 0 aromatic heterocycles. The van der Waals surface area contributed by atoms with Gasteiger partial charge < -0.3 is 9.08 Å². The van der Waals surface area contributed by atoms with Gasteiger partial charge in [-0.1, -0.05) is 0 Å². The minimum absolute atomic E-state index is 0.953. The lowest BCUT2D eigenvalue weighted by atomic mass is 11.0. The molecule has 0 radical (unpaired) electrons. The first-order chi connectivity index (χ1) is 7.62. The van der Waals surface area contributed by atoms with Crippen LogP contribution < -0.4 is 10.2 Å². The molecule has 17 heavy (non-hydrogen) atoms. The van der Waals surface area contributed by atoms with E-state index in [1.165, 1.54) is 0 Å². The highest BCUT2D eigenvalue weighted by atomic mass is 32.3. The number of amides is 2. The second-order valence-corrected chi connectivity index (χ2v) is 3.57. The highest BCUT2D eigenvalue weighted by Gasteiger charge is 2.25. The van der Waals surface area contributed by atoms with Crippen LogP contribution in [-0.4, -0.2) is 25.7 Å². The number of carbonyl (C=O) groups excluding carboxylic acids is 2. The quantitative estimate of drug-likeness (QED) is 0.353. The number of nitrogens with zero attached hydrogens (tertiary/aromatic N) is 1. The molecule has 1 unspecified atom stereocenters. The van der Waals surface area contributed by atoms with E-state index in [9.17, 15) is 37.6 Å². The Morgan fingerprint density at radius 3 is 2.24 bits per heavy atom. The van der Waals surface area contributed by atoms with Gasteiger partial charge in [-0.2, -0.15) is 12.9 Å². The maximum absolute atomic E-state index is 10.5. The number of imide groups is 1. The van der Waals surface area contributed by atoms with Crippen LogP contribution in [0, 0.1) is 10.1 Å². The predicted molar refractivity (Wildman–Crippen MR) is 40.7 cm³/mol. The van der Waals surface area contributed by atoms with E-state index in [2.05, 4.69) is 13.0 Å². The number of nitrogens with one attached hydrogen (secondary N) is 1. The van der Waals surface area contributed by atoms with Crippen molar-refractivity contribution in [2.24, 2.45) is 0 Å². The maximum Gasteiger partial charge on any atom is 0.544 e. The van der Waals surface area contributed by atoms with Gasteiger partial charge in [0, 0.05) is 0 Å². The third kappa shape index (κ3) is 7.83. The Morgan fingerprint density at radius 1 is 1.29 bits per heavy atom. The largest absolute Gasteiger partial charge is 0.558 e. The molecule has 0 bridgehead atoms. The summed E-state index contributed by atoms with van der Waals surface area (Å²) in [6, 6.07) is 0. The van der Waals surface area contributed by atoms with Crippen molar-refractivity contribution in [1.29, 1.82) is 0 Å². The van der Waals surface area contributed by atoms with Crippen LogP contribution in [0.1, 0.15) is 0 Å². The molecule has 1 N–H and O–H groups in total. The Balaban J connectivity index is 4.32. The first kappa shape index (κ1) is 14.9. The van der Waals surface area contributed by atoms with Crippen molar-refractivity contribution < 1.29 is 45.5 Å². The Bertz CT molecular complexity index is 452. The molecule has 0 aliphatic rings. The van der Waals surface area contributed by atoms with E-state index in [-0.39, 0.29) is 0 Å². The van der Waals surface area contributed by atoms with E-state index in [0.29, 0.717) is 0 Å². The maximum atomic E-state index is 10.5. The summed E-state index contributed by atoms with van der Waals surface area (Å²) in [7, 11) is -8.95. The molecule has 2 amide bonds. The molecule has 0 saturated heterocycles. The third-order valence-corrected chi connectivity index (χ3v) is 1.67. The van der Waals surface area contributed by atoms with Gasteiger partial charge in [-0.25, -0.2) is 14.9 Å². The molecule has 0 rings (SSSR count). The zero-order valence-electron chi connectivity index (χ0n) is 7.29. The van der Waals surface area contributed by atoms with E-state index < -0.39 is 35.9 Å². The van der Waals surface area contributed by atoms with Gasteiger partial charge in [-0.05, 0) is 4.57 Å². The van der Waals surface area contributed by atoms with Gasteiger partial charge in [0.05, 0.1) is 0 Å². The van der Waals surface area contributed by atoms with Gasteiger partial charge in [0.2, 0.25) is 0 Å². The predicted octanol–water partition coefficient (Wildman–Crippen LogP) is -1.68. The summed E-state index contributed by atoms with van der Waals surface area (Å²) >= 11 is 0. The van der Waals surface area contributed by atoms with Crippen LogP contribution in [0.15, 0.2) is 0 Å². The molecule has 13 nitrogen and oxygen atoms in total. The lowest BCUT2D eigenvalue weighted by Crippen LogP contribution is -2.33. The summed E-state index contributed by atoms with van der Waals surface area (Å²) in [5.41, 5.74) is 0. The summed E-state index contributed by atoms with van der Waals surface area (Å²) in [6.45, 7) is 0. The van der Waals surface area contributed by atoms with Gasteiger partial charge >= 0.3 is 35.9 Å². The third-order valence-electron chi connectivity index (χ3n) is 0.691. The monoisotopic (exact) mass is 292 g/mol. The van der Waals surface area contributed by atoms with Crippen LogP contribution in [0.5, 0.6) is 0 Å². The first-order valence-electron chi connectivity index (χ1n) is 3.08. The van der Waals surface area contributed by atoms with Crippen molar-refractivity contribution in [3.05, 3.63) is 10.1 Å².